The fourth-order valence-electron chi connectivity index (χ4n) is 2.99. The summed E-state index contributed by atoms with van der Waals surface area (Å²) >= 11 is 6.22. The Hall–Kier alpha value is -2.70. The van der Waals surface area contributed by atoms with Crippen LogP contribution in [0.25, 0.3) is 0 Å². The Bertz CT molecular complexity index is 883. The number of amides is 1. The molecule has 0 unspecified atom stereocenters. The number of aliphatic imine (C=N–C) groups is 1. The molecule has 1 aliphatic heterocycles. The van der Waals surface area contributed by atoms with Crippen LogP contribution in [0.5, 0.6) is 0 Å². The van der Waals surface area contributed by atoms with Crippen LogP contribution in [0.2, 0.25) is 5.02 Å². The molecule has 3 rings (SSSR count). The first kappa shape index (κ1) is 20.0. The minimum absolute atomic E-state index is 0.0222. The van der Waals surface area contributed by atoms with Crippen LogP contribution in [-0.4, -0.2) is 50.5 Å². The number of halogens is 1. The maximum absolute atomic E-state index is 12.7. The number of ether oxygens (including phenoxy) is 2. The van der Waals surface area contributed by atoms with Crippen molar-refractivity contribution in [2.24, 2.45) is 4.99 Å². The molecule has 0 saturated heterocycles. The van der Waals surface area contributed by atoms with Gasteiger partial charge in [0.2, 0.25) is 5.91 Å². The second-order valence-corrected chi connectivity index (χ2v) is 6.53. The Balaban J connectivity index is 1.83. The normalized spacial score (nSPS) is 13.6. The van der Waals surface area contributed by atoms with Gasteiger partial charge in [-0.3, -0.25) is 9.79 Å². The minimum atomic E-state index is -0.424. The van der Waals surface area contributed by atoms with Crippen molar-refractivity contribution in [1.29, 1.82) is 0 Å². The molecule has 0 atom stereocenters. The van der Waals surface area contributed by atoms with E-state index in [9.17, 15) is 9.59 Å². The van der Waals surface area contributed by atoms with E-state index >= 15 is 0 Å². The molecule has 1 aliphatic rings. The lowest BCUT2D eigenvalue weighted by Gasteiger charge is -2.23. The zero-order valence-electron chi connectivity index (χ0n) is 15.6. The predicted molar refractivity (Wildman–Crippen MR) is 108 cm³/mol. The predicted octanol–water partition coefficient (Wildman–Crippen LogP) is 3.10. The lowest BCUT2D eigenvalue weighted by atomic mass is 10.0. The van der Waals surface area contributed by atoms with E-state index in [1.807, 2.05) is 42.5 Å². The number of anilines is 1. The average molecular weight is 401 g/mol. The molecular weight excluding hydrogens is 380 g/mol. The Labute approximate surface area is 168 Å². The van der Waals surface area contributed by atoms with E-state index in [2.05, 4.69) is 4.99 Å². The Morgan fingerprint density at radius 3 is 2.75 bits per heavy atom. The van der Waals surface area contributed by atoms with Gasteiger partial charge in [0.1, 0.15) is 13.2 Å². The molecule has 0 saturated carbocycles. The number of carbonyl (C=O) groups is 2. The first-order valence-electron chi connectivity index (χ1n) is 9.03. The lowest BCUT2D eigenvalue weighted by molar-refractivity contribution is -0.148. The molecule has 0 bridgehead atoms. The fourth-order valence-corrected chi connectivity index (χ4v) is 3.16. The van der Waals surface area contributed by atoms with Gasteiger partial charge >= 0.3 is 5.97 Å². The zero-order valence-corrected chi connectivity index (χ0v) is 16.3. The Kier molecular flexibility index (Phi) is 6.79. The summed E-state index contributed by atoms with van der Waals surface area (Å²) < 4.78 is 10.2. The van der Waals surface area contributed by atoms with E-state index < -0.39 is 5.97 Å². The van der Waals surface area contributed by atoms with Gasteiger partial charge in [-0.1, -0.05) is 41.9 Å². The second kappa shape index (κ2) is 9.48. The SMILES string of the molecule is CCOC(=O)COCCN1C(=O)CN=C(c2ccccc2)c2cc(Cl)ccc21. The van der Waals surface area contributed by atoms with Crippen LogP contribution in [0.1, 0.15) is 18.1 Å². The van der Waals surface area contributed by atoms with Crippen molar-refractivity contribution >= 4 is 34.9 Å². The molecule has 28 heavy (non-hydrogen) atoms. The number of hydrogen-bond acceptors (Lipinski definition) is 5. The molecule has 0 spiro atoms. The van der Waals surface area contributed by atoms with Crippen LogP contribution in [0.3, 0.4) is 0 Å². The number of benzodiazepines with no additional fused rings is 1. The highest BCUT2D eigenvalue weighted by Gasteiger charge is 2.25. The van der Waals surface area contributed by atoms with Crippen LogP contribution in [-0.2, 0) is 19.1 Å². The first-order chi connectivity index (χ1) is 13.6. The fraction of sp³-hybridized carbons (Fsp3) is 0.286. The van der Waals surface area contributed by atoms with Gasteiger partial charge in [-0.05, 0) is 25.1 Å². The van der Waals surface area contributed by atoms with Gasteiger partial charge in [0.25, 0.3) is 0 Å². The summed E-state index contributed by atoms with van der Waals surface area (Å²) in [7, 11) is 0. The number of nitrogens with zero attached hydrogens (tertiary/aromatic N) is 2. The highest BCUT2D eigenvalue weighted by Crippen LogP contribution is 2.29. The van der Waals surface area contributed by atoms with Crippen molar-refractivity contribution in [2.75, 3.05) is 37.8 Å². The van der Waals surface area contributed by atoms with Crippen molar-refractivity contribution < 1.29 is 19.1 Å². The van der Waals surface area contributed by atoms with Crippen molar-refractivity contribution in [3.63, 3.8) is 0 Å². The molecule has 146 valence electrons. The molecule has 7 heteroatoms. The molecule has 0 fully saturated rings. The van der Waals surface area contributed by atoms with Crippen molar-refractivity contribution in [2.45, 2.75) is 6.92 Å². The molecule has 2 aromatic carbocycles. The monoisotopic (exact) mass is 400 g/mol. The van der Waals surface area contributed by atoms with Gasteiger partial charge in [0, 0.05) is 22.7 Å². The standard InChI is InChI=1S/C21H21ClN2O4/c1-2-28-20(26)14-27-11-10-24-18-9-8-16(22)12-17(18)21(23-13-19(24)25)15-6-4-3-5-7-15/h3-9,12H,2,10-11,13-14H2,1H3. The van der Waals surface area contributed by atoms with E-state index in [-0.39, 0.29) is 25.7 Å². The minimum Gasteiger partial charge on any atom is -0.464 e. The Morgan fingerprint density at radius 2 is 2.00 bits per heavy atom. The van der Waals surface area contributed by atoms with Crippen LogP contribution in [0.4, 0.5) is 5.69 Å². The van der Waals surface area contributed by atoms with Crippen LogP contribution < -0.4 is 4.90 Å². The molecular formula is C21H21ClN2O4. The van der Waals surface area contributed by atoms with E-state index in [4.69, 9.17) is 21.1 Å². The van der Waals surface area contributed by atoms with Gasteiger partial charge in [-0.25, -0.2) is 4.79 Å². The van der Waals surface area contributed by atoms with E-state index in [1.165, 1.54) is 0 Å². The van der Waals surface area contributed by atoms with Gasteiger partial charge in [0.05, 0.1) is 24.6 Å². The maximum Gasteiger partial charge on any atom is 0.332 e. The van der Waals surface area contributed by atoms with Crippen molar-refractivity contribution in [3.05, 3.63) is 64.7 Å². The Morgan fingerprint density at radius 1 is 1.21 bits per heavy atom. The number of carbonyl (C=O) groups excluding carboxylic acids is 2. The summed E-state index contributed by atoms with van der Waals surface area (Å²) in [5.41, 5.74) is 3.14. The number of fused-ring (bicyclic) bond motifs is 1. The van der Waals surface area contributed by atoms with Gasteiger partial charge in [0.15, 0.2) is 0 Å². The molecule has 1 amide bonds. The third kappa shape index (κ3) is 4.77. The summed E-state index contributed by atoms with van der Waals surface area (Å²) in [4.78, 5) is 30.3. The zero-order chi connectivity index (χ0) is 19.9. The lowest BCUT2D eigenvalue weighted by Crippen LogP contribution is -2.35. The molecule has 0 aromatic heterocycles. The highest BCUT2D eigenvalue weighted by atomic mass is 35.5. The van der Waals surface area contributed by atoms with Crippen molar-refractivity contribution in [3.8, 4) is 0 Å². The summed E-state index contributed by atoms with van der Waals surface area (Å²) in [5, 5.41) is 0.565. The first-order valence-corrected chi connectivity index (χ1v) is 9.41. The van der Waals surface area contributed by atoms with Crippen LogP contribution in [0.15, 0.2) is 53.5 Å². The summed E-state index contributed by atoms with van der Waals surface area (Å²) in [5.74, 6) is -0.569. The molecule has 6 nitrogen and oxygen atoms in total. The van der Waals surface area contributed by atoms with Gasteiger partial charge in [-0.2, -0.15) is 0 Å². The van der Waals surface area contributed by atoms with E-state index in [0.717, 1.165) is 16.8 Å². The summed E-state index contributed by atoms with van der Waals surface area (Å²) in [6, 6.07) is 15.0. The second-order valence-electron chi connectivity index (χ2n) is 6.10. The number of hydrogen-bond donors (Lipinski definition) is 0. The molecule has 0 aliphatic carbocycles. The third-order valence-electron chi connectivity index (χ3n) is 4.21. The summed E-state index contributed by atoms with van der Waals surface area (Å²) in [6.45, 7) is 2.42. The van der Waals surface area contributed by atoms with E-state index in [0.29, 0.717) is 23.9 Å². The largest absolute Gasteiger partial charge is 0.464 e. The highest BCUT2D eigenvalue weighted by molar-refractivity contribution is 6.32. The van der Waals surface area contributed by atoms with Crippen LogP contribution in [0, 0.1) is 0 Å². The quantitative estimate of drug-likeness (QED) is 0.529. The number of rotatable bonds is 7. The van der Waals surface area contributed by atoms with Crippen molar-refractivity contribution in [1.82, 2.24) is 0 Å². The molecule has 0 radical (unpaired) electrons. The average Bonchev–Trinajstić information content (AvgIpc) is 2.82. The van der Waals surface area contributed by atoms with Gasteiger partial charge in [-0.15, -0.1) is 0 Å². The number of benzene rings is 2. The van der Waals surface area contributed by atoms with Crippen LogP contribution >= 0.6 is 11.6 Å². The number of esters is 1. The van der Waals surface area contributed by atoms with E-state index in [1.54, 1.807) is 17.9 Å². The molecule has 2 aromatic rings. The maximum atomic E-state index is 12.7. The third-order valence-corrected chi connectivity index (χ3v) is 4.44. The van der Waals surface area contributed by atoms with Gasteiger partial charge < -0.3 is 14.4 Å². The molecule has 0 N–H and O–H groups in total. The smallest absolute Gasteiger partial charge is 0.332 e. The summed E-state index contributed by atoms with van der Waals surface area (Å²) in [6.07, 6.45) is 0. The molecule has 1 heterocycles. The topological polar surface area (TPSA) is 68.2 Å².